The molecule has 1 aliphatic rings. The molecule has 0 spiro atoms. The van der Waals surface area contributed by atoms with Gasteiger partial charge in [-0.15, -0.1) is 0 Å². The van der Waals surface area contributed by atoms with Crippen LogP contribution in [0.15, 0.2) is 4.42 Å². The van der Waals surface area contributed by atoms with E-state index in [0.29, 0.717) is 11.8 Å². The maximum Gasteiger partial charge on any atom is 0.199 e. The van der Waals surface area contributed by atoms with E-state index in [0.717, 1.165) is 36.9 Å². The molecule has 1 saturated heterocycles. The molecule has 3 heteroatoms. The van der Waals surface area contributed by atoms with E-state index < -0.39 is 0 Å². The van der Waals surface area contributed by atoms with Crippen LogP contribution in [0.4, 0.5) is 0 Å². The van der Waals surface area contributed by atoms with Gasteiger partial charge in [-0.1, -0.05) is 13.8 Å². The summed E-state index contributed by atoms with van der Waals surface area (Å²) in [4.78, 5) is 4.58. The summed E-state index contributed by atoms with van der Waals surface area (Å²) in [5.74, 6) is 2.86. The average molecular weight is 194 g/mol. The molecule has 0 aromatic carbocycles. The van der Waals surface area contributed by atoms with Crippen molar-refractivity contribution in [3.63, 3.8) is 0 Å². The Balaban J connectivity index is 2.22. The number of nitrogens with one attached hydrogen (secondary N) is 1. The number of oxazole rings is 1. The molecule has 1 aromatic rings. The first kappa shape index (κ1) is 9.71. The molecule has 0 radical (unpaired) electrons. The Morgan fingerprint density at radius 3 is 2.79 bits per heavy atom. The number of aryl methyl sites for hydroxylation is 1. The first-order valence-corrected chi connectivity index (χ1v) is 5.36. The normalized spacial score (nSPS) is 22.1. The zero-order valence-electron chi connectivity index (χ0n) is 9.13. The monoisotopic (exact) mass is 194 g/mol. The van der Waals surface area contributed by atoms with E-state index >= 15 is 0 Å². The molecule has 2 heterocycles. The van der Waals surface area contributed by atoms with Gasteiger partial charge in [0.2, 0.25) is 0 Å². The molecule has 1 aliphatic heterocycles. The summed E-state index contributed by atoms with van der Waals surface area (Å²) in [6.45, 7) is 8.41. The van der Waals surface area contributed by atoms with E-state index in [9.17, 15) is 0 Å². The Morgan fingerprint density at radius 1 is 1.50 bits per heavy atom. The summed E-state index contributed by atoms with van der Waals surface area (Å²) in [7, 11) is 0. The van der Waals surface area contributed by atoms with Crippen molar-refractivity contribution in [1.29, 1.82) is 0 Å². The first-order valence-electron chi connectivity index (χ1n) is 5.36. The second-order valence-corrected chi connectivity index (χ2v) is 4.34. The zero-order chi connectivity index (χ0) is 10.1. The van der Waals surface area contributed by atoms with Gasteiger partial charge in [-0.25, -0.2) is 4.98 Å². The summed E-state index contributed by atoms with van der Waals surface area (Å²) in [6, 6.07) is 0. The minimum absolute atomic E-state index is 0.460. The van der Waals surface area contributed by atoms with E-state index in [1.165, 1.54) is 0 Å². The molecule has 1 atom stereocenters. The van der Waals surface area contributed by atoms with Gasteiger partial charge in [0.05, 0.1) is 5.69 Å². The molecule has 0 amide bonds. The van der Waals surface area contributed by atoms with Gasteiger partial charge in [-0.2, -0.15) is 0 Å². The topological polar surface area (TPSA) is 38.1 Å². The van der Waals surface area contributed by atoms with Gasteiger partial charge in [-0.05, 0) is 25.8 Å². The Hall–Kier alpha value is -0.830. The Kier molecular flexibility index (Phi) is 2.59. The quantitative estimate of drug-likeness (QED) is 0.784. The summed E-state index contributed by atoms with van der Waals surface area (Å²) < 4.78 is 5.71. The van der Waals surface area contributed by atoms with Crippen LogP contribution in [-0.2, 0) is 0 Å². The predicted molar refractivity (Wildman–Crippen MR) is 55.6 cm³/mol. The molecular formula is C11H18N2O. The number of aromatic nitrogens is 1. The maximum atomic E-state index is 5.71. The highest BCUT2D eigenvalue weighted by Gasteiger charge is 2.23. The molecule has 1 N–H and O–H groups in total. The van der Waals surface area contributed by atoms with Crippen LogP contribution in [0.2, 0.25) is 0 Å². The maximum absolute atomic E-state index is 5.71. The highest BCUT2D eigenvalue weighted by molar-refractivity contribution is 5.14. The lowest BCUT2D eigenvalue weighted by Gasteiger charge is -2.00. The Bertz CT molecular complexity index is 311. The van der Waals surface area contributed by atoms with Gasteiger partial charge in [-0.3, -0.25) is 0 Å². The minimum Gasteiger partial charge on any atom is -0.445 e. The number of nitrogens with zero attached hydrogens (tertiary/aromatic N) is 1. The zero-order valence-corrected chi connectivity index (χ0v) is 9.13. The lowest BCUT2D eigenvalue weighted by atomic mass is 10.1. The second kappa shape index (κ2) is 3.73. The largest absolute Gasteiger partial charge is 0.445 e. The molecule has 0 saturated carbocycles. The van der Waals surface area contributed by atoms with Crippen molar-refractivity contribution in [1.82, 2.24) is 10.3 Å². The van der Waals surface area contributed by atoms with Crippen LogP contribution in [0.25, 0.3) is 0 Å². The van der Waals surface area contributed by atoms with Gasteiger partial charge in [0.25, 0.3) is 0 Å². The number of hydrogen-bond acceptors (Lipinski definition) is 3. The highest BCUT2D eigenvalue weighted by Crippen LogP contribution is 2.26. The van der Waals surface area contributed by atoms with Crippen molar-refractivity contribution < 1.29 is 4.42 Å². The SMILES string of the molecule is Cc1oc(C2CCNC2)nc1C(C)C. The fourth-order valence-electron chi connectivity index (χ4n) is 2.01. The molecule has 0 bridgehead atoms. The smallest absolute Gasteiger partial charge is 0.199 e. The summed E-state index contributed by atoms with van der Waals surface area (Å²) >= 11 is 0. The first-order chi connectivity index (χ1) is 6.68. The van der Waals surface area contributed by atoms with Crippen molar-refractivity contribution >= 4 is 0 Å². The predicted octanol–water partition coefficient (Wildman–Crippen LogP) is 2.18. The number of rotatable bonds is 2. The summed E-state index contributed by atoms with van der Waals surface area (Å²) in [6.07, 6.45) is 1.15. The molecule has 14 heavy (non-hydrogen) atoms. The summed E-state index contributed by atoms with van der Waals surface area (Å²) in [5.41, 5.74) is 1.12. The lowest BCUT2D eigenvalue weighted by molar-refractivity contribution is 0.438. The van der Waals surface area contributed by atoms with E-state index in [2.05, 4.69) is 24.1 Å². The van der Waals surface area contributed by atoms with Crippen molar-refractivity contribution in [3.05, 3.63) is 17.3 Å². The molecule has 1 unspecified atom stereocenters. The van der Waals surface area contributed by atoms with Gasteiger partial charge < -0.3 is 9.73 Å². The molecule has 0 aliphatic carbocycles. The van der Waals surface area contributed by atoms with Crippen molar-refractivity contribution in [3.8, 4) is 0 Å². The van der Waals surface area contributed by atoms with Crippen LogP contribution in [0, 0.1) is 6.92 Å². The van der Waals surface area contributed by atoms with E-state index in [1.54, 1.807) is 0 Å². The van der Waals surface area contributed by atoms with E-state index in [1.807, 2.05) is 6.92 Å². The fraction of sp³-hybridized carbons (Fsp3) is 0.727. The summed E-state index contributed by atoms with van der Waals surface area (Å²) in [5, 5.41) is 3.33. The van der Waals surface area contributed by atoms with Crippen LogP contribution in [-0.4, -0.2) is 18.1 Å². The molecule has 1 fully saturated rings. The van der Waals surface area contributed by atoms with Gasteiger partial charge >= 0.3 is 0 Å². The molecule has 2 rings (SSSR count). The van der Waals surface area contributed by atoms with Crippen LogP contribution < -0.4 is 5.32 Å². The van der Waals surface area contributed by atoms with Crippen LogP contribution in [0.5, 0.6) is 0 Å². The second-order valence-electron chi connectivity index (χ2n) is 4.34. The Morgan fingerprint density at radius 2 is 2.29 bits per heavy atom. The third-order valence-electron chi connectivity index (χ3n) is 2.81. The van der Waals surface area contributed by atoms with Crippen molar-refractivity contribution in [2.75, 3.05) is 13.1 Å². The van der Waals surface area contributed by atoms with Crippen molar-refractivity contribution in [2.24, 2.45) is 0 Å². The molecule has 1 aromatic heterocycles. The third kappa shape index (κ3) is 1.69. The molecule has 78 valence electrons. The standard InChI is InChI=1S/C11H18N2O/c1-7(2)10-8(3)14-11(13-10)9-4-5-12-6-9/h7,9,12H,4-6H2,1-3H3. The van der Waals surface area contributed by atoms with Gasteiger partial charge in [0, 0.05) is 12.5 Å². The molecular weight excluding hydrogens is 176 g/mol. The third-order valence-corrected chi connectivity index (χ3v) is 2.81. The molecule has 3 nitrogen and oxygen atoms in total. The van der Waals surface area contributed by atoms with E-state index in [4.69, 9.17) is 4.42 Å². The van der Waals surface area contributed by atoms with Crippen LogP contribution in [0.3, 0.4) is 0 Å². The van der Waals surface area contributed by atoms with Gasteiger partial charge in [0.1, 0.15) is 5.76 Å². The minimum atomic E-state index is 0.460. The van der Waals surface area contributed by atoms with Crippen LogP contribution >= 0.6 is 0 Å². The van der Waals surface area contributed by atoms with Crippen LogP contribution in [0.1, 0.15) is 49.4 Å². The van der Waals surface area contributed by atoms with Gasteiger partial charge in [0.15, 0.2) is 5.89 Å². The lowest BCUT2D eigenvalue weighted by Crippen LogP contribution is -2.08. The average Bonchev–Trinajstić information content (AvgIpc) is 2.70. The highest BCUT2D eigenvalue weighted by atomic mass is 16.4. The van der Waals surface area contributed by atoms with E-state index in [-0.39, 0.29) is 0 Å². The van der Waals surface area contributed by atoms with Crippen molar-refractivity contribution in [2.45, 2.75) is 39.0 Å². The number of hydrogen-bond donors (Lipinski definition) is 1. The Labute approximate surface area is 84.9 Å². The fourth-order valence-corrected chi connectivity index (χ4v) is 2.01.